The maximum atomic E-state index is 14.8. The van der Waals surface area contributed by atoms with Crippen LogP contribution in [0.3, 0.4) is 0 Å². The molecular formula is C50H72BN5O8. The van der Waals surface area contributed by atoms with Gasteiger partial charge in [0.1, 0.15) is 30.8 Å². The van der Waals surface area contributed by atoms with Crippen LogP contribution in [0.15, 0.2) is 60.7 Å². The lowest BCUT2D eigenvalue weighted by Crippen LogP contribution is -2.46. The summed E-state index contributed by atoms with van der Waals surface area (Å²) in [5.74, 6) is -2.48. The molecule has 2 amide bonds. The standard InChI is InChI=1S/C50H72BN5O8/c1-5-6-7-8-9-10-12-35-14-17-37(18-15-35)44(58)33-39(13-11-24-52)50(61)56(4)48-38-19-21-47(64-28-26-54)41(32-38)40-30-36(16-20-46(40)63-27-25-53)31-42(43(57)22-23-51(3)62)55-49(60)34(2)29-45(48)59/h14-21,30,32,34,39,42,48,62H,5-13,22-29,31,33,52-54H2,1-4H3,(H,55,60)/t34-,39-,42+,48+/m1/s1. The molecule has 0 aliphatic carbocycles. The number of benzene rings is 3. The molecule has 4 bridgehead atoms. The number of nitrogens with zero attached hydrogens (tertiary/aromatic N) is 1. The van der Waals surface area contributed by atoms with Crippen molar-refractivity contribution in [1.82, 2.24) is 10.2 Å². The molecule has 13 nitrogen and oxygen atoms in total. The van der Waals surface area contributed by atoms with Gasteiger partial charge in [-0.2, -0.15) is 0 Å². The van der Waals surface area contributed by atoms with Crippen LogP contribution in [0.1, 0.15) is 118 Å². The maximum absolute atomic E-state index is 14.8. The Morgan fingerprint density at radius 1 is 0.844 bits per heavy atom. The predicted octanol–water partition coefficient (Wildman–Crippen LogP) is 6.27. The van der Waals surface area contributed by atoms with E-state index < -0.39 is 48.4 Å². The Bertz CT molecular complexity index is 1990. The summed E-state index contributed by atoms with van der Waals surface area (Å²) >= 11 is 0. The molecule has 0 radical (unpaired) electrons. The van der Waals surface area contributed by atoms with E-state index in [0.29, 0.717) is 58.7 Å². The molecule has 14 heteroatoms. The highest BCUT2D eigenvalue weighted by molar-refractivity contribution is 6.48. The fourth-order valence-corrected chi connectivity index (χ4v) is 8.28. The number of ketones is 3. The summed E-state index contributed by atoms with van der Waals surface area (Å²) < 4.78 is 12.3. The number of carbonyl (C=O) groups is 5. The van der Waals surface area contributed by atoms with Gasteiger partial charge >= 0.3 is 0 Å². The third-order valence-corrected chi connectivity index (χ3v) is 12.0. The number of hydrogen-bond acceptors (Lipinski definition) is 11. The number of aryl methyl sites for hydroxylation is 1. The lowest BCUT2D eigenvalue weighted by atomic mass is 9.66. The molecular weight excluding hydrogens is 809 g/mol. The van der Waals surface area contributed by atoms with E-state index in [9.17, 15) is 29.0 Å². The van der Waals surface area contributed by atoms with Gasteiger partial charge in [0.05, 0.1) is 6.04 Å². The number of amides is 2. The molecule has 0 spiro atoms. The fraction of sp³-hybridized carbons (Fsp3) is 0.540. The second-order valence-electron chi connectivity index (χ2n) is 17.4. The summed E-state index contributed by atoms with van der Waals surface area (Å²) in [5, 5.41) is 12.9. The van der Waals surface area contributed by atoms with Crippen molar-refractivity contribution in [1.29, 1.82) is 0 Å². The molecule has 8 N–H and O–H groups in total. The molecule has 0 fully saturated rings. The zero-order valence-corrected chi connectivity index (χ0v) is 38.6. The molecule has 4 atom stereocenters. The molecule has 1 aliphatic heterocycles. The topological polar surface area (TPSA) is 217 Å². The van der Waals surface area contributed by atoms with Gasteiger partial charge in [0.2, 0.25) is 11.8 Å². The minimum Gasteiger partial charge on any atom is -0.492 e. The lowest BCUT2D eigenvalue weighted by Gasteiger charge is -2.32. The number of nitrogens with one attached hydrogen (secondary N) is 1. The number of rotatable bonds is 25. The molecule has 0 aromatic heterocycles. The zero-order valence-electron chi connectivity index (χ0n) is 38.6. The van der Waals surface area contributed by atoms with Gasteiger partial charge in [-0.25, -0.2) is 0 Å². The molecule has 0 saturated carbocycles. The third kappa shape index (κ3) is 15.4. The van der Waals surface area contributed by atoms with E-state index in [0.717, 1.165) is 12.8 Å². The fourth-order valence-electron chi connectivity index (χ4n) is 8.28. The van der Waals surface area contributed by atoms with Crippen molar-refractivity contribution in [2.45, 2.75) is 123 Å². The number of ether oxygens (including phenoxy) is 2. The van der Waals surface area contributed by atoms with E-state index in [4.69, 9.17) is 26.7 Å². The Balaban J connectivity index is 1.76. The van der Waals surface area contributed by atoms with Gasteiger partial charge in [0.25, 0.3) is 6.92 Å². The highest BCUT2D eigenvalue weighted by Crippen LogP contribution is 2.41. The van der Waals surface area contributed by atoms with E-state index in [1.807, 2.05) is 36.4 Å². The number of carbonyl (C=O) groups excluding carboxylic acids is 5. The molecule has 3 aromatic carbocycles. The smallest absolute Gasteiger partial charge is 0.286 e. The molecule has 0 unspecified atom stereocenters. The van der Waals surface area contributed by atoms with Crippen molar-refractivity contribution in [3.05, 3.63) is 82.9 Å². The number of fused-ring (bicyclic) bond motifs is 5. The Hall–Kier alpha value is -4.89. The van der Waals surface area contributed by atoms with Crippen LogP contribution in [0.5, 0.6) is 11.5 Å². The monoisotopic (exact) mass is 882 g/mol. The van der Waals surface area contributed by atoms with Crippen LogP contribution >= 0.6 is 0 Å². The van der Waals surface area contributed by atoms with E-state index in [2.05, 4.69) is 12.2 Å². The first-order valence-electron chi connectivity index (χ1n) is 23.4. The van der Waals surface area contributed by atoms with Crippen molar-refractivity contribution in [3.8, 4) is 22.6 Å². The lowest BCUT2D eigenvalue weighted by molar-refractivity contribution is -0.142. The summed E-state index contributed by atoms with van der Waals surface area (Å²) in [6, 6.07) is 16.2. The van der Waals surface area contributed by atoms with E-state index >= 15 is 0 Å². The molecule has 1 heterocycles. The number of nitrogens with two attached hydrogens (primary N) is 3. The SMILES string of the molecule is CCCCCCCCc1ccc(C(=O)C[C@@H](CCCN)C(=O)N(C)[C@@H]2C(=O)C[C@@H](C)C(=O)N[C@H](C(=O)CCB(C)O)Cc3ccc(OCCN)c(c3)-c3cc2ccc3OCCN)cc1. The van der Waals surface area contributed by atoms with Crippen LogP contribution < -0.4 is 32.0 Å². The van der Waals surface area contributed by atoms with E-state index in [1.165, 1.54) is 42.6 Å². The zero-order chi connectivity index (χ0) is 46.6. The number of Topliss-reactive ketones (excluding diaryl/α,β-unsaturated/α-hetero) is 3. The Morgan fingerprint density at radius 3 is 2.12 bits per heavy atom. The van der Waals surface area contributed by atoms with Crippen LogP contribution in [0.4, 0.5) is 0 Å². The molecule has 1 aliphatic rings. The maximum Gasteiger partial charge on any atom is 0.286 e. The average Bonchev–Trinajstić information content (AvgIpc) is 3.28. The van der Waals surface area contributed by atoms with Crippen LogP contribution in [-0.2, 0) is 32.0 Å². The number of unbranched alkanes of at least 4 members (excludes halogenated alkanes) is 5. The molecule has 4 rings (SSSR count). The number of hydrogen-bond donors (Lipinski definition) is 5. The largest absolute Gasteiger partial charge is 0.492 e. The van der Waals surface area contributed by atoms with Crippen molar-refractivity contribution >= 4 is 36.1 Å². The third-order valence-electron chi connectivity index (χ3n) is 12.0. The highest BCUT2D eigenvalue weighted by atomic mass is 16.5. The first-order valence-corrected chi connectivity index (χ1v) is 23.4. The minimum atomic E-state index is -1.18. The van der Waals surface area contributed by atoms with Gasteiger partial charge in [-0.3, -0.25) is 24.0 Å². The summed E-state index contributed by atoms with van der Waals surface area (Å²) in [7, 11) is 1.56. The summed E-state index contributed by atoms with van der Waals surface area (Å²) in [6.07, 6.45) is 9.04. The van der Waals surface area contributed by atoms with Crippen LogP contribution in [0, 0.1) is 11.8 Å². The van der Waals surface area contributed by atoms with Gasteiger partial charge in [0.15, 0.2) is 17.3 Å². The molecule has 64 heavy (non-hydrogen) atoms. The highest BCUT2D eigenvalue weighted by Gasteiger charge is 2.36. The van der Waals surface area contributed by atoms with Crippen LogP contribution in [0.25, 0.3) is 11.1 Å². The Morgan fingerprint density at radius 2 is 1.48 bits per heavy atom. The summed E-state index contributed by atoms with van der Waals surface area (Å²) in [6.45, 7) is 5.89. The quantitative estimate of drug-likeness (QED) is 0.0363. The Labute approximate surface area is 380 Å². The van der Waals surface area contributed by atoms with E-state index in [-0.39, 0.29) is 69.9 Å². The van der Waals surface area contributed by atoms with Crippen molar-refractivity contribution in [3.63, 3.8) is 0 Å². The van der Waals surface area contributed by atoms with Gasteiger partial charge in [0, 0.05) is 67.9 Å². The molecule has 3 aromatic rings. The summed E-state index contributed by atoms with van der Waals surface area (Å²) in [5.41, 5.74) is 21.7. The second-order valence-corrected chi connectivity index (χ2v) is 17.4. The van der Waals surface area contributed by atoms with Crippen molar-refractivity contribution in [2.24, 2.45) is 29.0 Å². The van der Waals surface area contributed by atoms with Crippen molar-refractivity contribution < 1.29 is 38.5 Å². The first-order chi connectivity index (χ1) is 30.8. The predicted molar refractivity (Wildman–Crippen MR) is 253 cm³/mol. The molecule has 0 saturated heterocycles. The molecule has 348 valence electrons. The first kappa shape index (κ1) is 51.7. The second kappa shape index (κ2) is 26.8. The summed E-state index contributed by atoms with van der Waals surface area (Å²) in [4.78, 5) is 72.3. The Kier molecular flexibility index (Phi) is 21.7. The average molecular weight is 882 g/mol. The van der Waals surface area contributed by atoms with Crippen molar-refractivity contribution in [2.75, 3.05) is 39.9 Å². The van der Waals surface area contributed by atoms with Crippen LogP contribution in [-0.4, -0.2) is 91.9 Å². The van der Waals surface area contributed by atoms with Gasteiger partial charge < -0.3 is 41.9 Å². The van der Waals surface area contributed by atoms with Gasteiger partial charge in [-0.05, 0) is 85.9 Å². The van der Waals surface area contributed by atoms with Crippen LogP contribution in [0.2, 0.25) is 13.1 Å². The minimum absolute atomic E-state index is 0.0347. The van der Waals surface area contributed by atoms with Gasteiger partial charge in [-0.15, -0.1) is 0 Å². The van der Waals surface area contributed by atoms with E-state index in [1.54, 1.807) is 45.1 Å². The normalized spacial score (nSPS) is 16.9. The number of likely N-dealkylation sites (N-methyl/N-ethyl adjacent to an activating group) is 1. The van der Waals surface area contributed by atoms with Gasteiger partial charge in [-0.1, -0.05) is 89.2 Å².